The fourth-order valence-corrected chi connectivity index (χ4v) is 1.71. The van der Waals surface area contributed by atoms with E-state index in [4.69, 9.17) is 0 Å². The van der Waals surface area contributed by atoms with Gasteiger partial charge in [0.05, 0.1) is 24.9 Å². The molecule has 0 aliphatic rings. The minimum Gasteiger partial charge on any atom is -0.465 e. The Labute approximate surface area is 116 Å². The highest BCUT2D eigenvalue weighted by Crippen LogP contribution is 2.06. The van der Waals surface area contributed by atoms with Crippen LogP contribution >= 0.6 is 0 Å². The van der Waals surface area contributed by atoms with E-state index in [0.29, 0.717) is 17.7 Å². The molecule has 0 saturated carbocycles. The fourth-order valence-electron chi connectivity index (χ4n) is 1.71. The molecule has 0 unspecified atom stereocenters. The number of nitrogens with zero attached hydrogens (tertiary/aromatic N) is 2. The number of benzene rings is 1. The number of carbonyl (C=O) groups excluding carboxylic acids is 2. The summed E-state index contributed by atoms with van der Waals surface area (Å²) in [4.78, 5) is 23.2. The molecule has 1 aromatic carbocycles. The molecule has 1 amide bonds. The van der Waals surface area contributed by atoms with Gasteiger partial charge in [-0.15, -0.1) is 0 Å². The molecule has 2 aromatic rings. The monoisotopic (exact) mass is 273 g/mol. The maximum absolute atomic E-state index is 11.9. The number of ether oxygens (including phenoxy) is 1. The van der Waals surface area contributed by atoms with Gasteiger partial charge in [0.2, 0.25) is 0 Å². The fraction of sp³-hybridized carbons (Fsp3) is 0.214. The Hall–Kier alpha value is -2.63. The van der Waals surface area contributed by atoms with Crippen molar-refractivity contribution in [1.29, 1.82) is 0 Å². The van der Waals surface area contributed by atoms with E-state index in [9.17, 15) is 9.59 Å². The molecular formula is C14H15N3O3. The Balaban J connectivity index is 1.97. The van der Waals surface area contributed by atoms with Gasteiger partial charge in [-0.25, -0.2) is 4.79 Å². The van der Waals surface area contributed by atoms with E-state index in [1.165, 1.54) is 7.11 Å². The summed E-state index contributed by atoms with van der Waals surface area (Å²) in [7, 11) is 3.13. The van der Waals surface area contributed by atoms with E-state index in [-0.39, 0.29) is 5.91 Å². The van der Waals surface area contributed by atoms with Crippen LogP contribution in [0.1, 0.15) is 26.4 Å². The lowest BCUT2D eigenvalue weighted by Gasteiger charge is -2.04. The molecule has 0 atom stereocenters. The van der Waals surface area contributed by atoms with Crippen LogP contribution in [0, 0.1) is 0 Å². The van der Waals surface area contributed by atoms with Gasteiger partial charge >= 0.3 is 5.97 Å². The van der Waals surface area contributed by atoms with Crippen LogP contribution < -0.4 is 5.32 Å². The van der Waals surface area contributed by atoms with Crippen molar-refractivity contribution < 1.29 is 14.3 Å². The molecule has 1 N–H and O–H groups in total. The van der Waals surface area contributed by atoms with E-state index >= 15 is 0 Å². The molecule has 0 fully saturated rings. The summed E-state index contributed by atoms with van der Waals surface area (Å²) < 4.78 is 6.27. The molecule has 104 valence electrons. The van der Waals surface area contributed by atoms with Gasteiger partial charge in [0.15, 0.2) is 0 Å². The Bertz CT molecular complexity index is 617. The third-order valence-corrected chi connectivity index (χ3v) is 2.77. The van der Waals surface area contributed by atoms with Crippen molar-refractivity contribution in [3.8, 4) is 0 Å². The minimum absolute atomic E-state index is 0.216. The number of nitrogens with one attached hydrogen (secondary N) is 1. The zero-order chi connectivity index (χ0) is 14.5. The van der Waals surface area contributed by atoms with Crippen LogP contribution in [0.2, 0.25) is 0 Å². The number of hydrogen-bond donors (Lipinski definition) is 1. The summed E-state index contributed by atoms with van der Waals surface area (Å²) in [6.07, 6.45) is 1.81. The maximum atomic E-state index is 11.9. The highest BCUT2D eigenvalue weighted by molar-refractivity contribution is 5.96. The Morgan fingerprint density at radius 2 is 1.85 bits per heavy atom. The van der Waals surface area contributed by atoms with Gasteiger partial charge in [-0.3, -0.25) is 9.48 Å². The van der Waals surface area contributed by atoms with Crippen LogP contribution in [-0.2, 0) is 18.3 Å². The van der Waals surface area contributed by atoms with Crippen molar-refractivity contribution >= 4 is 11.9 Å². The summed E-state index contributed by atoms with van der Waals surface area (Å²) in [5.74, 6) is -0.641. The summed E-state index contributed by atoms with van der Waals surface area (Å²) in [5.41, 5.74) is 1.68. The van der Waals surface area contributed by atoms with E-state index in [0.717, 1.165) is 5.69 Å². The number of aryl methyl sites for hydroxylation is 1. The number of rotatable bonds is 4. The topological polar surface area (TPSA) is 73.2 Å². The highest BCUT2D eigenvalue weighted by atomic mass is 16.5. The van der Waals surface area contributed by atoms with Gasteiger partial charge in [-0.05, 0) is 30.3 Å². The van der Waals surface area contributed by atoms with Crippen LogP contribution in [-0.4, -0.2) is 28.8 Å². The van der Waals surface area contributed by atoms with Crippen molar-refractivity contribution in [2.24, 2.45) is 7.05 Å². The van der Waals surface area contributed by atoms with Gasteiger partial charge in [0.25, 0.3) is 5.91 Å². The predicted molar refractivity (Wildman–Crippen MR) is 72.2 cm³/mol. The van der Waals surface area contributed by atoms with Crippen molar-refractivity contribution in [2.75, 3.05) is 7.11 Å². The van der Waals surface area contributed by atoms with Crippen LogP contribution in [0.4, 0.5) is 0 Å². The summed E-state index contributed by atoms with van der Waals surface area (Å²) >= 11 is 0. The normalized spacial score (nSPS) is 10.1. The molecule has 6 nitrogen and oxygen atoms in total. The number of methoxy groups -OCH3 is 1. The third-order valence-electron chi connectivity index (χ3n) is 2.77. The summed E-state index contributed by atoms with van der Waals surface area (Å²) in [6, 6.07) is 8.11. The molecule has 20 heavy (non-hydrogen) atoms. The second-order valence-corrected chi connectivity index (χ2v) is 4.23. The van der Waals surface area contributed by atoms with Crippen LogP contribution in [0.5, 0.6) is 0 Å². The SMILES string of the molecule is COC(=O)c1ccc(C(=O)NCc2ccn(C)n2)cc1. The molecule has 0 saturated heterocycles. The maximum Gasteiger partial charge on any atom is 0.337 e. The van der Waals surface area contributed by atoms with Gasteiger partial charge < -0.3 is 10.1 Å². The second kappa shape index (κ2) is 6.01. The van der Waals surface area contributed by atoms with Gasteiger partial charge in [-0.2, -0.15) is 5.10 Å². The first-order valence-corrected chi connectivity index (χ1v) is 6.05. The Kier molecular flexibility index (Phi) is 4.14. The molecule has 1 heterocycles. The average molecular weight is 273 g/mol. The number of amides is 1. The van der Waals surface area contributed by atoms with E-state index < -0.39 is 5.97 Å². The highest BCUT2D eigenvalue weighted by Gasteiger charge is 2.09. The lowest BCUT2D eigenvalue weighted by Crippen LogP contribution is -2.23. The van der Waals surface area contributed by atoms with Gasteiger partial charge in [0, 0.05) is 18.8 Å². The molecule has 0 aliphatic heterocycles. The molecule has 1 aromatic heterocycles. The van der Waals surface area contributed by atoms with Crippen LogP contribution in [0.25, 0.3) is 0 Å². The first-order valence-electron chi connectivity index (χ1n) is 6.05. The van der Waals surface area contributed by atoms with Crippen molar-refractivity contribution in [3.63, 3.8) is 0 Å². The Morgan fingerprint density at radius 1 is 1.20 bits per heavy atom. The van der Waals surface area contributed by atoms with E-state index in [2.05, 4.69) is 15.2 Å². The third kappa shape index (κ3) is 3.23. The zero-order valence-corrected chi connectivity index (χ0v) is 11.3. The first kappa shape index (κ1) is 13.8. The molecule has 0 aliphatic carbocycles. The number of esters is 1. The van der Waals surface area contributed by atoms with Crippen LogP contribution in [0.15, 0.2) is 36.5 Å². The van der Waals surface area contributed by atoms with Gasteiger partial charge in [-0.1, -0.05) is 0 Å². The van der Waals surface area contributed by atoms with E-state index in [1.54, 1.807) is 28.9 Å². The van der Waals surface area contributed by atoms with Crippen molar-refractivity contribution in [3.05, 3.63) is 53.3 Å². The standard InChI is InChI=1S/C14H15N3O3/c1-17-8-7-12(16-17)9-15-13(18)10-3-5-11(6-4-10)14(19)20-2/h3-8H,9H2,1-2H3,(H,15,18). The molecular weight excluding hydrogens is 258 g/mol. The molecule has 0 radical (unpaired) electrons. The average Bonchev–Trinajstić information content (AvgIpc) is 2.89. The quantitative estimate of drug-likeness (QED) is 0.848. The second-order valence-electron chi connectivity index (χ2n) is 4.23. The molecule has 0 spiro atoms. The summed E-state index contributed by atoms with van der Waals surface area (Å²) in [5, 5.41) is 6.93. The molecule has 0 bridgehead atoms. The predicted octanol–water partition coefficient (Wildman–Crippen LogP) is 1.14. The lowest BCUT2D eigenvalue weighted by molar-refractivity contribution is 0.0600. The van der Waals surface area contributed by atoms with Crippen molar-refractivity contribution in [2.45, 2.75) is 6.54 Å². The first-order chi connectivity index (χ1) is 9.60. The molecule has 6 heteroatoms. The number of hydrogen-bond acceptors (Lipinski definition) is 4. The molecule has 2 rings (SSSR count). The number of aromatic nitrogens is 2. The van der Waals surface area contributed by atoms with Crippen LogP contribution in [0.3, 0.4) is 0 Å². The lowest BCUT2D eigenvalue weighted by atomic mass is 10.1. The summed E-state index contributed by atoms with van der Waals surface area (Å²) in [6.45, 7) is 0.360. The zero-order valence-electron chi connectivity index (χ0n) is 11.3. The Morgan fingerprint density at radius 3 is 2.40 bits per heavy atom. The number of carbonyl (C=O) groups is 2. The smallest absolute Gasteiger partial charge is 0.337 e. The van der Waals surface area contributed by atoms with E-state index in [1.807, 2.05) is 19.3 Å². The largest absolute Gasteiger partial charge is 0.465 e. The van der Waals surface area contributed by atoms with Crippen molar-refractivity contribution in [1.82, 2.24) is 15.1 Å². The van der Waals surface area contributed by atoms with Gasteiger partial charge in [0.1, 0.15) is 0 Å². The minimum atomic E-state index is -0.426.